The number of benzene rings is 3. The molecule has 5 N–H and O–H groups in total. The van der Waals surface area contributed by atoms with Crippen molar-refractivity contribution in [3.05, 3.63) is 90.0 Å². The van der Waals surface area contributed by atoms with Gasteiger partial charge in [-0.2, -0.15) is 5.26 Å². The number of nitrogens with two attached hydrogens (primary N) is 1. The minimum Gasteiger partial charge on any atom is -0.480 e. The van der Waals surface area contributed by atoms with Crippen LogP contribution < -0.4 is 16.0 Å². The van der Waals surface area contributed by atoms with Crippen molar-refractivity contribution in [3.8, 4) is 17.2 Å². The van der Waals surface area contributed by atoms with E-state index in [-0.39, 0.29) is 12.1 Å². The van der Waals surface area contributed by atoms with E-state index >= 15 is 0 Å². The number of hydrogen-bond donors (Lipinski definition) is 4. The molecule has 0 spiro atoms. The van der Waals surface area contributed by atoms with Crippen LogP contribution in [0.4, 0.5) is 5.69 Å². The standard InChI is InChI=1S/C30H30N4O8S/c31-16-22-6-4-5-9-24(22)21-12-10-20(11-13-21)18-43(41,42)19-26(33-27(35)15-14-25(32)30(39)40)29(38)34(17-28(36)37)23-7-2-1-3-8-23/h1-13,25-26H,14-15,17-19,32H2,(H,33,35)(H,36,37)(H,39,40)/t25-,26-/m0/s1. The number of carbonyl (C=O) groups is 4. The number of sulfone groups is 1. The third-order valence-electron chi connectivity index (χ3n) is 6.38. The van der Waals surface area contributed by atoms with Gasteiger partial charge in [0.15, 0.2) is 9.84 Å². The summed E-state index contributed by atoms with van der Waals surface area (Å²) in [5.41, 5.74) is 7.84. The molecule has 2 atom stereocenters. The van der Waals surface area contributed by atoms with Crippen molar-refractivity contribution in [1.82, 2.24) is 5.32 Å². The molecule has 224 valence electrons. The van der Waals surface area contributed by atoms with Crippen molar-refractivity contribution in [1.29, 1.82) is 5.26 Å². The van der Waals surface area contributed by atoms with Gasteiger partial charge in [0.05, 0.1) is 23.1 Å². The summed E-state index contributed by atoms with van der Waals surface area (Å²) >= 11 is 0. The van der Waals surface area contributed by atoms with Crippen LogP contribution >= 0.6 is 0 Å². The van der Waals surface area contributed by atoms with Gasteiger partial charge in [0, 0.05) is 12.1 Å². The first kappa shape index (κ1) is 32.5. The Hall–Kier alpha value is -5.06. The first-order valence-corrected chi connectivity index (χ1v) is 14.9. The van der Waals surface area contributed by atoms with E-state index in [0.29, 0.717) is 22.3 Å². The number of rotatable bonds is 14. The third-order valence-corrected chi connectivity index (χ3v) is 7.99. The maximum absolute atomic E-state index is 13.6. The number of amides is 2. The van der Waals surface area contributed by atoms with Gasteiger partial charge >= 0.3 is 11.9 Å². The Morgan fingerprint density at radius 1 is 0.930 bits per heavy atom. The van der Waals surface area contributed by atoms with Crippen molar-refractivity contribution in [2.75, 3.05) is 17.2 Å². The molecule has 2 amide bonds. The molecular formula is C30H30N4O8S. The van der Waals surface area contributed by atoms with Crippen LogP contribution in [0.3, 0.4) is 0 Å². The van der Waals surface area contributed by atoms with E-state index in [0.717, 1.165) is 4.90 Å². The Balaban J connectivity index is 1.86. The molecular weight excluding hydrogens is 576 g/mol. The minimum atomic E-state index is -4.08. The zero-order chi connectivity index (χ0) is 31.6. The van der Waals surface area contributed by atoms with Gasteiger partial charge in [0.2, 0.25) is 5.91 Å². The Kier molecular flexibility index (Phi) is 11.1. The van der Waals surface area contributed by atoms with E-state index in [9.17, 15) is 38.0 Å². The molecule has 0 saturated heterocycles. The lowest BCUT2D eigenvalue weighted by molar-refractivity contribution is -0.139. The average Bonchev–Trinajstić information content (AvgIpc) is 2.98. The molecule has 13 heteroatoms. The smallest absolute Gasteiger partial charge is 0.323 e. The largest absolute Gasteiger partial charge is 0.480 e. The molecule has 0 unspecified atom stereocenters. The fourth-order valence-corrected chi connectivity index (χ4v) is 5.81. The van der Waals surface area contributed by atoms with Crippen molar-refractivity contribution < 1.29 is 37.8 Å². The highest BCUT2D eigenvalue weighted by Crippen LogP contribution is 2.24. The van der Waals surface area contributed by atoms with Crippen LogP contribution in [0.15, 0.2) is 78.9 Å². The summed E-state index contributed by atoms with van der Waals surface area (Å²) in [6.45, 7) is -0.801. The van der Waals surface area contributed by atoms with Gasteiger partial charge in [-0.15, -0.1) is 0 Å². The van der Waals surface area contributed by atoms with E-state index in [1.807, 2.05) is 0 Å². The molecule has 0 aliphatic heterocycles. The molecule has 3 aromatic carbocycles. The van der Waals surface area contributed by atoms with Crippen molar-refractivity contribution in [3.63, 3.8) is 0 Å². The Bertz CT molecular complexity index is 1620. The first-order chi connectivity index (χ1) is 20.4. The molecule has 3 aromatic rings. The number of carbonyl (C=O) groups excluding carboxylic acids is 2. The fourth-order valence-electron chi connectivity index (χ4n) is 4.26. The number of carboxylic acids is 2. The second-order valence-electron chi connectivity index (χ2n) is 9.67. The third kappa shape index (κ3) is 9.49. The van der Waals surface area contributed by atoms with E-state index < -0.39 is 70.1 Å². The summed E-state index contributed by atoms with van der Waals surface area (Å²) in [7, 11) is -4.08. The number of nitrogens with one attached hydrogen (secondary N) is 1. The predicted molar refractivity (Wildman–Crippen MR) is 157 cm³/mol. The Labute approximate surface area is 248 Å². The zero-order valence-corrected chi connectivity index (χ0v) is 23.7. The van der Waals surface area contributed by atoms with Crippen LogP contribution in [0.1, 0.15) is 24.0 Å². The van der Waals surface area contributed by atoms with Crippen molar-refractivity contribution in [2.24, 2.45) is 5.73 Å². The van der Waals surface area contributed by atoms with Gasteiger partial charge < -0.3 is 21.3 Å². The van der Waals surface area contributed by atoms with Crippen molar-refractivity contribution in [2.45, 2.75) is 30.7 Å². The van der Waals surface area contributed by atoms with E-state index in [4.69, 9.17) is 10.8 Å². The molecule has 12 nitrogen and oxygen atoms in total. The number of nitrogens with zero attached hydrogens (tertiary/aromatic N) is 2. The number of carboxylic acid groups (broad SMARTS) is 2. The number of anilines is 1. The number of hydrogen-bond acceptors (Lipinski definition) is 8. The zero-order valence-electron chi connectivity index (χ0n) is 22.9. The van der Waals surface area contributed by atoms with Gasteiger partial charge in [-0.05, 0) is 41.3 Å². The maximum atomic E-state index is 13.6. The van der Waals surface area contributed by atoms with Crippen LogP contribution in [0.5, 0.6) is 0 Å². The topological polar surface area (TPSA) is 208 Å². The quantitative estimate of drug-likeness (QED) is 0.210. The van der Waals surface area contributed by atoms with Gasteiger partial charge in [-0.3, -0.25) is 24.1 Å². The first-order valence-electron chi connectivity index (χ1n) is 13.0. The van der Waals surface area contributed by atoms with Gasteiger partial charge in [0.25, 0.3) is 5.91 Å². The summed E-state index contributed by atoms with van der Waals surface area (Å²) < 4.78 is 26.6. The fraction of sp³-hybridized carbons (Fsp3) is 0.233. The SMILES string of the molecule is N#Cc1ccccc1-c1ccc(CS(=O)(=O)C[C@H](NC(=O)CC[C@H](N)C(=O)O)C(=O)N(CC(=O)O)c2ccccc2)cc1. The minimum absolute atomic E-state index is 0.174. The van der Waals surface area contributed by atoms with Crippen LogP contribution in [0.25, 0.3) is 11.1 Å². The maximum Gasteiger partial charge on any atom is 0.323 e. The van der Waals surface area contributed by atoms with Crippen LogP contribution in [0.2, 0.25) is 0 Å². The number of aliphatic carboxylic acids is 2. The second kappa shape index (κ2) is 14.7. The molecule has 0 aromatic heterocycles. The normalized spacial score (nSPS) is 12.4. The molecule has 3 rings (SSSR count). The summed E-state index contributed by atoms with van der Waals surface area (Å²) in [6, 6.07) is 20.2. The monoisotopic (exact) mass is 606 g/mol. The molecule has 0 fully saturated rings. The van der Waals surface area contributed by atoms with Crippen LogP contribution in [0, 0.1) is 11.3 Å². The van der Waals surface area contributed by atoms with Gasteiger partial charge in [-0.1, -0.05) is 60.7 Å². The molecule has 0 heterocycles. The van der Waals surface area contributed by atoms with Crippen LogP contribution in [-0.4, -0.2) is 66.8 Å². The molecule has 0 saturated carbocycles. The highest BCUT2D eigenvalue weighted by molar-refractivity contribution is 7.90. The summed E-state index contributed by atoms with van der Waals surface area (Å²) in [6.07, 6.45) is -0.680. The van der Waals surface area contributed by atoms with Crippen LogP contribution in [-0.2, 0) is 34.8 Å². The number of para-hydroxylation sites is 1. The van der Waals surface area contributed by atoms with Crippen molar-refractivity contribution >= 4 is 39.3 Å². The molecule has 0 bridgehead atoms. The van der Waals surface area contributed by atoms with E-state index in [1.165, 1.54) is 12.1 Å². The summed E-state index contributed by atoms with van der Waals surface area (Å²) in [5, 5.41) is 30.1. The Morgan fingerprint density at radius 3 is 2.16 bits per heavy atom. The average molecular weight is 607 g/mol. The van der Waals surface area contributed by atoms with Gasteiger partial charge in [-0.25, -0.2) is 8.42 Å². The summed E-state index contributed by atoms with van der Waals surface area (Å²) in [4.78, 5) is 49.7. The lowest BCUT2D eigenvalue weighted by Gasteiger charge is -2.27. The highest BCUT2D eigenvalue weighted by Gasteiger charge is 2.33. The molecule has 0 aliphatic rings. The number of nitriles is 1. The molecule has 0 radical (unpaired) electrons. The molecule has 0 aliphatic carbocycles. The van der Waals surface area contributed by atoms with E-state index in [2.05, 4.69) is 11.4 Å². The van der Waals surface area contributed by atoms with E-state index in [1.54, 1.807) is 66.7 Å². The predicted octanol–water partition coefficient (Wildman–Crippen LogP) is 1.93. The van der Waals surface area contributed by atoms with Gasteiger partial charge in [0.1, 0.15) is 18.6 Å². The molecule has 43 heavy (non-hydrogen) atoms. The Morgan fingerprint density at radius 2 is 1.56 bits per heavy atom. The lowest BCUT2D eigenvalue weighted by Crippen LogP contribution is -2.53. The highest BCUT2D eigenvalue weighted by atomic mass is 32.2. The second-order valence-corrected chi connectivity index (χ2v) is 11.8. The summed E-state index contributed by atoms with van der Waals surface area (Å²) in [5.74, 6) is -5.85. The lowest BCUT2D eigenvalue weighted by atomic mass is 10.00.